The van der Waals surface area contributed by atoms with Crippen LogP contribution in [0.2, 0.25) is 0 Å². The van der Waals surface area contributed by atoms with Crippen LogP contribution in [0.3, 0.4) is 0 Å². The summed E-state index contributed by atoms with van der Waals surface area (Å²) >= 11 is 1.67. The highest BCUT2D eigenvalue weighted by molar-refractivity contribution is 7.99. The highest BCUT2D eigenvalue weighted by atomic mass is 32.2. The number of nitrogens with zero attached hydrogens (tertiary/aromatic N) is 1. The van der Waals surface area contributed by atoms with E-state index in [1.165, 1.54) is 0 Å². The van der Waals surface area contributed by atoms with Gasteiger partial charge in [0.1, 0.15) is 0 Å². The summed E-state index contributed by atoms with van der Waals surface area (Å²) in [4.78, 5) is 19.6. The fraction of sp³-hybridized carbons (Fsp3) is 0.318. The van der Waals surface area contributed by atoms with Crippen molar-refractivity contribution in [1.29, 1.82) is 0 Å². The Kier molecular flexibility index (Phi) is 6.31. The summed E-state index contributed by atoms with van der Waals surface area (Å²) in [5.74, 6) is 0.0629. The standard InChI is InChI=1S/C22H25N3O2S/c26-21(23-10-11-25-12-14-27-15-13-25)16-19-18-8-4-5-9-20(18)24-22(19)28-17-6-2-1-3-7-17/h1-9,24H,10-16H2,(H,23,26). The molecule has 28 heavy (non-hydrogen) atoms. The monoisotopic (exact) mass is 395 g/mol. The van der Waals surface area contributed by atoms with Crippen molar-refractivity contribution in [2.24, 2.45) is 0 Å². The van der Waals surface area contributed by atoms with Crippen molar-refractivity contribution in [3.05, 3.63) is 60.2 Å². The Bertz CT molecular complexity index is 920. The van der Waals surface area contributed by atoms with Gasteiger partial charge in [-0.15, -0.1) is 0 Å². The van der Waals surface area contributed by atoms with Gasteiger partial charge in [-0.25, -0.2) is 0 Å². The molecule has 0 atom stereocenters. The SMILES string of the molecule is O=C(Cc1c(Sc2ccccc2)[nH]c2ccccc12)NCCN1CCOCC1. The molecule has 2 N–H and O–H groups in total. The largest absolute Gasteiger partial charge is 0.379 e. The number of morpholine rings is 1. The average molecular weight is 396 g/mol. The number of amides is 1. The van der Waals surface area contributed by atoms with E-state index in [4.69, 9.17) is 4.74 Å². The first-order valence-electron chi connectivity index (χ1n) is 9.69. The molecule has 2 heterocycles. The molecular formula is C22H25N3O2S. The summed E-state index contributed by atoms with van der Waals surface area (Å²) in [5.41, 5.74) is 2.13. The number of carbonyl (C=O) groups excluding carboxylic acids is 1. The van der Waals surface area contributed by atoms with Gasteiger partial charge in [0.25, 0.3) is 0 Å². The molecule has 1 amide bonds. The van der Waals surface area contributed by atoms with Crippen molar-refractivity contribution >= 4 is 28.6 Å². The number of aromatic amines is 1. The third kappa shape index (κ3) is 4.76. The second-order valence-corrected chi connectivity index (χ2v) is 7.96. The van der Waals surface area contributed by atoms with Crippen molar-refractivity contribution in [3.63, 3.8) is 0 Å². The van der Waals surface area contributed by atoms with Gasteiger partial charge in [0.2, 0.25) is 5.91 Å². The first-order chi connectivity index (χ1) is 13.8. The Morgan fingerprint density at radius 3 is 2.64 bits per heavy atom. The van der Waals surface area contributed by atoms with E-state index in [2.05, 4.69) is 39.5 Å². The number of H-pyrrole nitrogens is 1. The number of carbonyl (C=O) groups is 1. The van der Waals surface area contributed by atoms with E-state index in [9.17, 15) is 4.79 Å². The normalized spacial score (nSPS) is 15.0. The number of ether oxygens (including phenoxy) is 1. The van der Waals surface area contributed by atoms with E-state index < -0.39 is 0 Å². The van der Waals surface area contributed by atoms with E-state index in [-0.39, 0.29) is 5.91 Å². The van der Waals surface area contributed by atoms with Crippen molar-refractivity contribution in [2.75, 3.05) is 39.4 Å². The van der Waals surface area contributed by atoms with Crippen molar-refractivity contribution in [1.82, 2.24) is 15.2 Å². The lowest BCUT2D eigenvalue weighted by molar-refractivity contribution is -0.120. The summed E-state index contributed by atoms with van der Waals surface area (Å²) in [6.07, 6.45) is 0.377. The second kappa shape index (κ2) is 9.28. The number of hydrogen-bond donors (Lipinski definition) is 2. The zero-order valence-corrected chi connectivity index (χ0v) is 16.6. The van der Waals surface area contributed by atoms with Crippen LogP contribution in [0.5, 0.6) is 0 Å². The van der Waals surface area contributed by atoms with Gasteiger partial charge in [0.05, 0.1) is 24.7 Å². The van der Waals surface area contributed by atoms with Crippen LogP contribution in [0.15, 0.2) is 64.5 Å². The first kappa shape index (κ1) is 19.1. The molecule has 0 bridgehead atoms. The number of para-hydroxylation sites is 1. The molecule has 1 aromatic heterocycles. The summed E-state index contributed by atoms with van der Waals surface area (Å²) in [6, 6.07) is 18.4. The number of nitrogens with one attached hydrogen (secondary N) is 2. The smallest absolute Gasteiger partial charge is 0.224 e. The Balaban J connectivity index is 1.44. The van der Waals surface area contributed by atoms with Gasteiger partial charge < -0.3 is 15.0 Å². The van der Waals surface area contributed by atoms with E-state index in [0.29, 0.717) is 13.0 Å². The number of aromatic nitrogens is 1. The fourth-order valence-electron chi connectivity index (χ4n) is 3.45. The maximum Gasteiger partial charge on any atom is 0.224 e. The number of fused-ring (bicyclic) bond motifs is 1. The van der Waals surface area contributed by atoms with Crippen molar-refractivity contribution in [3.8, 4) is 0 Å². The molecule has 3 aromatic rings. The van der Waals surface area contributed by atoms with Crippen LogP contribution in [-0.2, 0) is 16.0 Å². The lowest BCUT2D eigenvalue weighted by Crippen LogP contribution is -2.41. The quantitative estimate of drug-likeness (QED) is 0.644. The second-order valence-electron chi connectivity index (χ2n) is 6.87. The molecule has 1 aliphatic rings. The highest BCUT2D eigenvalue weighted by Gasteiger charge is 2.16. The zero-order valence-electron chi connectivity index (χ0n) is 15.8. The van der Waals surface area contributed by atoms with Crippen LogP contribution >= 0.6 is 11.8 Å². The van der Waals surface area contributed by atoms with Crippen LogP contribution in [0.1, 0.15) is 5.56 Å². The number of rotatable bonds is 7. The Morgan fingerprint density at radius 1 is 1.07 bits per heavy atom. The highest BCUT2D eigenvalue weighted by Crippen LogP contribution is 2.34. The summed E-state index contributed by atoms with van der Waals surface area (Å²) in [6.45, 7) is 4.98. The first-order valence-corrected chi connectivity index (χ1v) is 10.5. The Labute approximate surface area is 169 Å². The number of benzene rings is 2. The van der Waals surface area contributed by atoms with Crippen LogP contribution in [0, 0.1) is 0 Å². The maximum absolute atomic E-state index is 12.6. The third-order valence-electron chi connectivity index (χ3n) is 4.93. The molecule has 1 fully saturated rings. The van der Waals surface area contributed by atoms with Gasteiger partial charge in [0, 0.05) is 47.5 Å². The van der Waals surface area contributed by atoms with Gasteiger partial charge in [-0.1, -0.05) is 48.2 Å². The lowest BCUT2D eigenvalue weighted by Gasteiger charge is -2.26. The van der Waals surface area contributed by atoms with Crippen molar-refractivity contribution in [2.45, 2.75) is 16.3 Å². The van der Waals surface area contributed by atoms with E-state index in [0.717, 1.165) is 59.2 Å². The molecule has 146 valence electrons. The average Bonchev–Trinajstić information content (AvgIpc) is 3.06. The molecule has 0 radical (unpaired) electrons. The predicted molar refractivity (Wildman–Crippen MR) is 113 cm³/mol. The van der Waals surface area contributed by atoms with Gasteiger partial charge >= 0.3 is 0 Å². The predicted octanol–water partition coefficient (Wildman–Crippen LogP) is 3.31. The zero-order chi connectivity index (χ0) is 19.2. The van der Waals surface area contributed by atoms with Crippen LogP contribution in [0.4, 0.5) is 0 Å². The van der Waals surface area contributed by atoms with Crippen LogP contribution in [-0.4, -0.2) is 55.2 Å². The molecule has 1 aliphatic heterocycles. The van der Waals surface area contributed by atoms with Gasteiger partial charge in [-0.2, -0.15) is 0 Å². The van der Waals surface area contributed by atoms with Gasteiger partial charge in [-0.05, 0) is 18.2 Å². The minimum Gasteiger partial charge on any atom is -0.379 e. The van der Waals surface area contributed by atoms with E-state index in [1.54, 1.807) is 11.8 Å². The summed E-state index contributed by atoms with van der Waals surface area (Å²) < 4.78 is 5.37. The molecular weight excluding hydrogens is 370 g/mol. The molecule has 6 heteroatoms. The molecule has 1 saturated heterocycles. The maximum atomic E-state index is 12.6. The van der Waals surface area contributed by atoms with Crippen LogP contribution < -0.4 is 5.32 Å². The van der Waals surface area contributed by atoms with Gasteiger partial charge in [0.15, 0.2) is 0 Å². The minimum absolute atomic E-state index is 0.0629. The summed E-state index contributed by atoms with van der Waals surface area (Å²) in [5, 5.41) is 5.23. The molecule has 4 rings (SSSR count). The summed E-state index contributed by atoms with van der Waals surface area (Å²) in [7, 11) is 0. The topological polar surface area (TPSA) is 57.4 Å². The van der Waals surface area contributed by atoms with E-state index in [1.807, 2.05) is 30.3 Å². The molecule has 5 nitrogen and oxygen atoms in total. The molecule has 0 saturated carbocycles. The lowest BCUT2D eigenvalue weighted by atomic mass is 10.1. The van der Waals surface area contributed by atoms with Gasteiger partial charge in [-0.3, -0.25) is 9.69 Å². The van der Waals surface area contributed by atoms with Crippen LogP contribution in [0.25, 0.3) is 10.9 Å². The molecule has 0 unspecified atom stereocenters. The molecule has 2 aromatic carbocycles. The number of hydrogen-bond acceptors (Lipinski definition) is 4. The fourth-order valence-corrected chi connectivity index (χ4v) is 4.44. The Morgan fingerprint density at radius 2 is 1.82 bits per heavy atom. The van der Waals surface area contributed by atoms with E-state index >= 15 is 0 Å². The molecule has 0 aliphatic carbocycles. The van der Waals surface area contributed by atoms with Crippen molar-refractivity contribution < 1.29 is 9.53 Å². The Hall–Kier alpha value is -2.28. The third-order valence-corrected chi connectivity index (χ3v) is 5.99. The molecule has 0 spiro atoms. The minimum atomic E-state index is 0.0629.